The van der Waals surface area contributed by atoms with Crippen LogP contribution in [0.3, 0.4) is 0 Å². The molecule has 0 radical (unpaired) electrons. The van der Waals surface area contributed by atoms with E-state index in [2.05, 4.69) is 30.7 Å². The summed E-state index contributed by atoms with van der Waals surface area (Å²) in [7, 11) is 3.07. The van der Waals surface area contributed by atoms with Gasteiger partial charge in [-0.2, -0.15) is 10.2 Å². The first-order valence-corrected chi connectivity index (χ1v) is 3.40. The van der Waals surface area contributed by atoms with Gasteiger partial charge in [0.15, 0.2) is 6.61 Å². The molecule has 0 saturated carbocycles. The molecule has 9 heteroatoms. The van der Waals surface area contributed by atoms with E-state index in [-0.39, 0.29) is 6.61 Å². The Morgan fingerprint density at radius 2 is 2.46 bits per heavy atom. The summed E-state index contributed by atoms with van der Waals surface area (Å²) in [5.41, 5.74) is 0. The molecule has 0 saturated heterocycles. The zero-order valence-corrected chi connectivity index (χ0v) is 7.21. The second-order valence-corrected chi connectivity index (χ2v) is 2.28. The Balaban J connectivity index is 2.32. The van der Waals surface area contributed by atoms with E-state index < -0.39 is 0 Å². The van der Waals surface area contributed by atoms with Gasteiger partial charge in [0.1, 0.15) is 0 Å². The monoisotopic (exact) mass is 187 g/mol. The molecule has 0 bridgehead atoms. The van der Waals surface area contributed by atoms with Crippen molar-refractivity contribution in [2.24, 2.45) is 5.28 Å². The van der Waals surface area contributed by atoms with Gasteiger partial charge < -0.3 is 10.0 Å². The van der Waals surface area contributed by atoms with Crippen molar-refractivity contribution in [3.05, 3.63) is 11.0 Å². The van der Waals surface area contributed by atoms with E-state index in [0.29, 0.717) is 10.8 Å². The minimum absolute atomic E-state index is 0.00306. The smallest absolute Gasteiger partial charge is 0.233 e. The van der Waals surface area contributed by atoms with Crippen LogP contribution in [0.1, 0.15) is 5.82 Å². The second kappa shape index (κ2) is 4.18. The molecule has 0 amide bonds. The molecular weight excluding hydrogens is 178 g/mol. The Morgan fingerprint density at radius 3 is 3.00 bits per heavy atom. The van der Waals surface area contributed by atoms with Crippen LogP contribution in [-0.2, 0) is 11.4 Å². The summed E-state index contributed by atoms with van der Waals surface area (Å²) in [6.45, 7) is 0.00306. The zero-order valence-electron chi connectivity index (χ0n) is 7.21. The summed E-state index contributed by atoms with van der Waals surface area (Å²) in [5.74, 6) is 0.330. The van der Waals surface area contributed by atoms with Crippen LogP contribution in [-0.4, -0.2) is 44.7 Å². The number of hydrazine groups is 1. The lowest BCUT2D eigenvalue weighted by Gasteiger charge is -2.04. The standard InChI is InChI=1S/C4H9N7O2/c1-10(2)11(12)9-13-3-4-5-7-8-6-4/h3H2,1-2H3,(H,5,6,7,8). The Kier molecular flexibility index (Phi) is 2.95. The molecule has 0 unspecified atom stereocenters. The van der Waals surface area contributed by atoms with Crippen molar-refractivity contribution in [2.45, 2.75) is 6.61 Å². The van der Waals surface area contributed by atoms with Crippen LogP contribution in [0.5, 0.6) is 0 Å². The minimum Gasteiger partial charge on any atom is -0.569 e. The lowest BCUT2D eigenvalue weighted by Crippen LogP contribution is -2.20. The first kappa shape index (κ1) is 9.16. The highest BCUT2D eigenvalue weighted by atomic mass is 16.7. The molecule has 1 aromatic rings. The van der Waals surface area contributed by atoms with Crippen LogP contribution in [0.4, 0.5) is 0 Å². The number of hydrogen-bond donors (Lipinski definition) is 1. The topological polar surface area (TPSA) is 105 Å². The SMILES string of the molecule is CN(C)[N+]([O-])=NOCc1nn[nH]n1. The number of H-pyrrole nitrogens is 1. The van der Waals surface area contributed by atoms with Crippen molar-refractivity contribution in [3.8, 4) is 0 Å². The Hall–Kier alpha value is -1.93. The number of aromatic amines is 1. The summed E-state index contributed by atoms with van der Waals surface area (Å²) in [5, 5.41) is 27.9. The minimum atomic E-state index is 0.00306. The molecule has 0 atom stereocenters. The highest BCUT2D eigenvalue weighted by Gasteiger charge is 2.01. The van der Waals surface area contributed by atoms with Crippen molar-refractivity contribution in [2.75, 3.05) is 14.1 Å². The summed E-state index contributed by atoms with van der Waals surface area (Å²) in [4.78, 5) is 4.90. The maximum atomic E-state index is 10.8. The highest BCUT2D eigenvalue weighted by Crippen LogP contribution is 1.90. The van der Waals surface area contributed by atoms with Crippen LogP contribution in [0, 0.1) is 5.21 Å². The summed E-state index contributed by atoms with van der Waals surface area (Å²) >= 11 is 0. The Labute approximate surface area is 73.5 Å². The van der Waals surface area contributed by atoms with Gasteiger partial charge in [0.05, 0.1) is 19.1 Å². The highest BCUT2D eigenvalue weighted by molar-refractivity contribution is 4.69. The molecule has 1 rings (SSSR count). The molecule has 9 nitrogen and oxygen atoms in total. The maximum absolute atomic E-state index is 10.8. The summed E-state index contributed by atoms with van der Waals surface area (Å²) in [6, 6.07) is 0. The quantitative estimate of drug-likeness (QED) is 0.371. The molecule has 72 valence electrons. The first-order chi connectivity index (χ1) is 6.20. The van der Waals surface area contributed by atoms with Gasteiger partial charge in [-0.05, 0) is 0 Å². The van der Waals surface area contributed by atoms with Crippen LogP contribution < -0.4 is 0 Å². The maximum Gasteiger partial charge on any atom is 0.233 e. The van der Waals surface area contributed by atoms with Crippen LogP contribution in [0.2, 0.25) is 0 Å². The predicted octanol–water partition coefficient (Wildman–Crippen LogP) is -0.930. The molecule has 13 heavy (non-hydrogen) atoms. The molecule has 0 aliphatic carbocycles. The van der Waals surface area contributed by atoms with E-state index in [1.54, 1.807) is 0 Å². The van der Waals surface area contributed by atoms with Crippen molar-refractivity contribution in [3.63, 3.8) is 0 Å². The fourth-order valence-electron chi connectivity index (χ4n) is 0.453. The third-order valence-corrected chi connectivity index (χ3v) is 1.05. The lowest BCUT2D eigenvalue weighted by molar-refractivity contribution is -0.700. The predicted molar refractivity (Wildman–Crippen MR) is 38.7 cm³/mol. The number of nitrogens with one attached hydrogen (secondary N) is 1. The van der Waals surface area contributed by atoms with Crippen molar-refractivity contribution in [1.82, 2.24) is 25.6 Å². The number of hydrogen-bond acceptors (Lipinski definition) is 6. The Morgan fingerprint density at radius 1 is 1.69 bits per heavy atom. The van der Waals surface area contributed by atoms with Gasteiger partial charge in [0.25, 0.3) is 0 Å². The van der Waals surface area contributed by atoms with Gasteiger partial charge in [-0.25, -0.2) is 0 Å². The third-order valence-electron chi connectivity index (χ3n) is 1.05. The van der Waals surface area contributed by atoms with Crippen molar-refractivity contribution < 1.29 is 9.81 Å². The van der Waals surface area contributed by atoms with Gasteiger partial charge in [-0.15, -0.1) is 10.2 Å². The number of tetrazole rings is 1. The second-order valence-electron chi connectivity index (χ2n) is 2.28. The van der Waals surface area contributed by atoms with E-state index in [9.17, 15) is 5.21 Å². The molecule has 1 aromatic heterocycles. The molecule has 0 aliphatic heterocycles. The largest absolute Gasteiger partial charge is 0.569 e. The summed E-state index contributed by atoms with van der Waals surface area (Å²) < 4.78 is 0. The van der Waals surface area contributed by atoms with Crippen LogP contribution >= 0.6 is 0 Å². The number of aromatic nitrogens is 4. The van der Waals surface area contributed by atoms with Gasteiger partial charge in [0, 0.05) is 0 Å². The van der Waals surface area contributed by atoms with E-state index in [1.165, 1.54) is 19.1 Å². The lowest BCUT2D eigenvalue weighted by atomic mass is 10.7. The summed E-state index contributed by atoms with van der Waals surface area (Å²) in [6.07, 6.45) is 0. The fourth-order valence-corrected chi connectivity index (χ4v) is 0.453. The van der Waals surface area contributed by atoms with Crippen molar-refractivity contribution in [1.29, 1.82) is 0 Å². The van der Waals surface area contributed by atoms with E-state index >= 15 is 0 Å². The van der Waals surface area contributed by atoms with Crippen LogP contribution in [0.15, 0.2) is 5.28 Å². The Bertz CT molecular complexity index is 268. The molecule has 0 fully saturated rings. The first-order valence-electron chi connectivity index (χ1n) is 3.40. The van der Waals surface area contributed by atoms with Gasteiger partial charge in [0.2, 0.25) is 11.1 Å². The average molecular weight is 187 g/mol. The van der Waals surface area contributed by atoms with Crippen LogP contribution in [0.25, 0.3) is 0 Å². The van der Waals surface area contributed by atoms with E-state index in [1.807, 2.05) is 0 Å². The van der Waals surface area contributed by atoms with Gasteiger partial charge in [-0.1, -0.05) is 5.21 Å². The van der Waals surface area contributed by atoms with E-state index in [4.69, 9.17) is 0 Å². The fraction of sp³-hybridized carbons (Fsp3) is 0.750. The molecule has 1 heterocycles. The van der Waals surface area contributed by atoms with E-state index in [0.717, 1.165) is 0 Å². The van der Waals surface area contributed by atoms with Crippen molar-refractivity contribution >= 4 is 0 Å². The average Bonchev–Trinajstić information content (AvgIpc) is 2.56. The molecule has 1 N–H and O–H groups in total. The normalized spacial score (nSPS) is 11.4. The number of nitrogens with zero attached hydrogens (tertiary/aromatic N) is 6. The molecule has 0 spiro atoms. The third kappa shape index (κ3) is 2.89. The van der Waals surface area contributed by atoms with Gasteiger partial charge >= 0.3 is 0 Å². The molecule has 0 aromatic carbocycles. The number of rotatable bonds is 4. The molecule has 0 aliphatic rings. The zero-order chi connectivity index (χ0) is 9.68. The molecular formula is C4H9N7O2. The van der Waals surface area contributed by atoms with Gasteiger partial charge in [-0.3, -0.25) is 0 Å².